The smallest absolute Gasteiger partial charge is 0.148 e. The molecule has 3 N–H and O–H groups in total. The Hall–Kier alpha value is -0.950. The van der Waals surface area contributed by atoms with Gasteiger partial charge in [0.05, 0.1) is 17.9 Å². The van der Waals surface area contributed by atoms with Crippen molar-refractivity contribution >= 4 is 17.4 Å². The first kappa shape index (κ1) is 17.9. The van der Waals surface area contributed by atoms with Crippen LogP contribution < -0.4 is 10.1 Å². The summed E-state index contributed by atoms with van der Waals surface area (Å²) in [5.74, 6) is 3.00. The van der Waals surface area contributed by atoms with Crippen LogP contribution in [0.5, 0.6) is 5.75 Å². The van der Waals surface area contributed by atoms with Crippen LogP contribution in [0.25, 0.3) is 0 Å². The fourth-order valence-electron chi connectivity index (χ4n) is 3.34. The molecule has 0 aliphatic carbocycles. The molecule has 6 heteroatoms. The Morgan fingerprint density at radius 3 is 2.88 bits per heavy atom. The highest BCUT2D eigenvalue weighted by atomic mass is 32.2. The summed E-state index contributed by atoms with van der Waals surface area (Å²) in [5.41, 5.74) is 1.27. The first-order valence-electron chi connectivity index (χ1n) is 8.67. The highest BCUT2D eigenvalue weighted by Gasteiger charge is 2.34. The molecule has 24 heavy (non-hydrogen) atoms. The van der Waals surface area contributed by atoms with Gasteiger partial charge in [-0.3, -0.25) is 4.90 Å². The van der Waals surface area contributed by atoms with Crippen molar-refractivity contribution in [2.45, 2.75) is 38.1 Å². The summed E-state index contributed by atoms with van der Waals surface area (Å²) >= 11 is 1.97. The third-order valence-corrected chi connectivity index (χ3v) is 5.51. The normalized spacial score (nSPS) is 24.8. The molecule has 1 aromatic rings. The predicted octanol–water partition coefficient (Wildman–Crippen LogP) is 2.10. The van der Waals surface area contributed by atoms with Gasteiger partial charge in [-0.25, -0.2) is 0 Å². The second-order valence-electron chi connectivity index (χ2n) is 7.25. The van der Waals surface area contributed by atoms with Crippen LogP contribution in [0.3, 0.4) is 0 Å². The molecule has 2 unspecified atom stereocenters. The van der Waals surface area contributed by atoms with Crippen molar-refractivity contribution in [3.63, 3.8) is 0 Å². The maximum atomic E-state index is 10.3. The number of rotatable bonds is 5. The van der Waals surface area contributed by atoms with Crippen LogP contribution in [0, 0.1) is 0 Å². The van der Waals surface area contributed by atoms with Crippen molar-refractivity contribution in [3.8, 4) is 5.75 Å². The van der Waals surface area contributed by atoms with Gasteiger partial charge < -0.3 is 20.3 Å². The fourth-order valence-corrected chi connectivity index (χ4v) is 4.32. The summed E-state index contributed by atoms with van der Waals surface area (Å²) in [7, 11) is 0. The fraction of sp³-hybridized carbons (Fsp3) is 0.667. The van der Waals surface area contributed by atoms with Crippen LogP contribution in [0.2, 0.25) is 0 Å². The molecule has 0 bridgehead atoms. The minimum Gasteiger partial charge on any atom is -0.485 e. The number of nitrogens with zero attached hydrogens (tertiary/aromatic N) is 1. The first-order chi connectivity index (χ1) is 11.4. The molecule has 0 saturated carbocycles. The minimum atomic E-state index is -0.513. The molecule has 0 amide bonds. The maximum Gasteiger partial charge on any atom is 0.148 e. The quantitative estimate of drug-likeness (QED) is 0.754. The van der Waals surface area contributed by atoms with E-state index < -0.39 is 17.8 Å². The lowest BCUT2D eigenvalue weighted by molar-refractivity contribution is 0.0121. The van der Waals surface area contributed by atoms with Crippen LogP contribution in [0.1, 0.15) is 31.9 Å². The van der Waals surface area contributed by atoms with Crippen molar-refractivity contribution in [1.82, 2.24) is 4.90 Å². The van der Waals surface area contributed by atoms with Gasteiger partial charge in [0.15, 0.2) is 0 Å². The third kappa shape index (κ3) is 4.36. The number of benzene rings is 1. The molecular formula is C18H28N2O3S. The largest absolute Gasteiger partial charge is 0.485 e. The van der Waals surface area contributed by atoms with Gasteiger partial charge in [0.25, 0.3) is 0 Å². The Balaban J connectivity index is 1.62. The zero-order chi connectivity index (χ0) is 17.2. The van der Waals surface area contributed by atoms with Crippen LogP contribution in [-0.2, 0) is 0 Å². The van der Waals surface area contributed by atoms with Crippen LogP contribution in [0.15, 0.2) is 18.2 Å². The van der Waals surface area contributed by atoms with E-state index in [-0.39, 0.29) is 0 Å². The number of ether oxygens (including phenoxy) is 1. The Morgan fingerprint density at radius 1 is 1.38 bits per heavy atom. The average molecular weight is 353 g/mol. The molecule has 2 heterocycles. The predicted molar refractivity (Wildman–Crippen MR) is 99.0 cm³/mol. The summed E-state index contributed by atoms with van der Waals surface area (Å²) in [6, 6.07) is 5.76. The summed E-state index contributed by atoms with van der Waals surface area (Å²) in [6.07, 6.45) is -0.356. The summed E-state index contributed by atoms with van der Waals surface area (Å²) in [5, 5.41) is 24.0. The van der Waals surface area contributed by atoms with Crippen molar-refractivity contribution in [3.05, 3.63) is 23.8 Å². The van der Waals surface area contributed by atoms with E-state index in [4.69, 9.17) is 4.74 Å². The Morgan fingerprint density at radius 2 is 2.12 bits per heavy atom. The molecule has 5 nitrogen and oxygen atoms in total. The summed E-state index contributed by atoms with van der Waals surface area (Å²) < 4.78 is 6.09. The molecule has 1 saturated heterocycles. The molecule has 2 atom stereocenters. The first-order valence-corrected chi connectivity index (χ1v) is 9.82. The van der Waals surface area contributed by atoms with E-state index in [1.165, 1.54) is 0 Å². The second kappa shape index (κ2) is 7.52. The number of hydrogen-bond acceptors (Lipinski definition) is 6. The number of aliphatic hydroxyl groups excluding tert-OH is 2. The third-order valence-electron chi connectivity index (χ3n) is 4.57. The van der Waals surface area contributed by atoms with Crippen molar-refractivity contribution in [2.75, 3.05) is 43.0 Å². The van der Waals surface area contributed by atoms with Crippen LogP contribution in [-0.4, -0.2) is 64.5 Å². The molecule has 134 valence electrons. The van der Waals surface area contributed by atoms with Gasteiger partial charge >= 0.3 is 0 Å². The lowest BCUT2D eigenvalue weighted by Gasteiger charge is -2.36. The van der Waals surface area contributed by atoms with E-state index in [1.807, 2.05) is 43.8 Å². The number of para-hydroxylation sites is 1. The number of hydrogen-bond donors (Lipinski definition) is 3. The van der Waals surface area contributed by atoms with Gasteiger partial charge in [-0.15, -0.1) is 0 Å². The number of anilines is 1. The number of fused-ring (bicyclic) bond motifs is 1. The SMILES string of the molecule is CC1(C)CC(O)c2cccc(NCC(O)CN3CCSCC3)c2O1. The zero-order valence-corrected chi connectivity index (χ0v) is 15.3. The minimum absolute atomic E-state index is 0.395. The van der Waals surface area contributed by atoms with Crippen LogP contribution >= 0.6 is 11.8 Å². The van der Waals surface area contributed by atoms with E-state index in [2.05, 4.69) is 10.2 Å². The molecule has 0 radical (unpaired) electrons. The Kier molecular flexibility index (Phi) is 5.59. The van der Waals surface area contributed by atoms with E-state index in [0.717, 1.165) is 35.8 Å². The van der Waals surface area contributed by atoms with Gasteiger partial charge in [0, 0.05) is 49.7 Å². The van der Waals surface area contributed by atoms with Gasteiger partial charge in [0.2, 0.25) is 0 Å². The number of nitrogens with one attached hydrogen (secondary N) is 1. The maximum absolute atomic E-state index is 10.3. The van der Waals surface area contributed by atoms with Gasteiger partial charge in [0.1, 0.15) is 11.4 Å². The van der Waals surface area contributed by atoms with Crippen molar-refractivity contribution in [2.24, 2.45) is 0 Å². The molecule has 3 rings (SSSR count). The highest BCUT2D eigenvalue weighted by molar-refractivity contribution is 7.99. The Labute approximate surface area is 148 Å². The Bertz CT molecular complexity index is 561. The standard InChI is InChI=1S/C18H28N2O3S/c1-18(2)10-16(22)14-4-3-5-15(17(14)23-18)19-11-13(21)12-20-6-8-24-9-7-20/h3-5,13,16,19,21-22H,6-12H2,1-2H3. The lowest BCUT2D eigenvalue weighted by atomic mass is 9.91. The molecule has 1 fully saturated rings. The highest BCUT2D eigenvalue weighted by Crippen LogP contribution is 2.43. The van der Waals surface area contributed by atoms with Crippen molar-refractivity contribution < 1.29 is 14.9 Å². The zero-order valence-electron chi connectivity index (χ0n) is 14.5. The van der Waals surface area contributed by atoms with Crippen LogP contribution in [0.4, 0.5) is 5.69 Å². The average Bonchev–Trinajstić information content (AvgIpc) is 2.53. The topological polar surface area (TPSA) is 65.0 Å². The second-order valence-corrected chi connectivity index (χ2v) is 8.48. The van der Waals surface area contributed by atoms with E-state index >= 15 is 0 Å². The summed E-state index contributed by atoms with van der Waals surface area (Å²) in [6.45, 7) is 7.23. The lowest BCUT2D eigenvalue weighted by Crippen LogP contribution is -2.40. The number of aliphatic hydroxyl groups is 2. The monoisotopic (exact) mass is 352 g/mol. The van der Waals surface area contributed by atoms with Gasteiger partial charge in [-0.05, 0) is 19.9 Å². The molecule has 0 aromatic heterocycles. The molecule has 2 aliphatic rings. The van der Waals surface area contributed by atoms with E-state index in [1.54, 1.807) is 0 Å². The summed E-state index contributed by atoms with van der Waals surface area (Å²) in [4.78, 5) is 2.31. The number of β-amino-alcohol motifs (C(OH)–C–C–N with tert-alkyl or cyclic N) is 1. The molecule has 1 aromatic carbocycles. The van der Waals surface area contributed by atoms with E-state index in [0.29, 0.717) is 25.3 Å². The molecular weight excluding hydrogens is 324 g/mol. The van der Waals surface area contributed by atoms with E-state index in [9.17, 15) is 10.2 Å². The molecule has 2 aliphatic heterocycles. The molecule has 0 spiro atoms. The van der Waals surface area contributed by atoms with Gasteiger partial charge in [-0.2, -0.15) is 11.8 Å². The van der Waals surface area contributed by atoms with Crippen molar-refractivity contribution in [1.29, 1.82) is 0 Å². The number of thioether (sulfide) groups is 1. The van der Waals surface area contributed by atoms with Gasteiger partial charge in [-0.1, -0.05) is 12.1 Å².